The van der Waals surface area contributed by atoms with Gasteiger partial charge in [-0.25, -0.2) is 0 Å². The first-order valence-corrected chi connectivity index (χ1v) is 41.5. The number of thioether (sulfide) groups is 1. The average Bonchev–Trinajstić information content (AvgIpc) is 2.00. The number of benzene rings is 3. The number of fused-ring (bicyclic) bond motifs is 4. The summed E-state index contributed by atoms with van der Waals surface area (Å²) in [6.07, 6.45) is 3.12. The highest BCUT2D eigenvalue weighted by atomic mass is 32.2. The SMILES string of the molecule is CCCC[C@H]1C(=O)N[C@@H](CCCN)C(=O)NCCSCC(=O)N[C@@H](Cc2ccc(OC)cc2)C(=O)N(C)CC(=O)N[C@@H](CC(=O)O)C(=O)N2CCCC2C(=O)N[C@@H](CN)C(=O)N[C@@H](CCCCN)C(=O)N2CCCC2C(=O)N[C@@H](Cc2c[nH]c3ccccc23)C(=O)N[C@@H](CC(=O)O)C(=O)N[C@@H](Cc2c[nH]c3ccccc23)C(=O)N(C)CC(=O)N1C. The number of carboxylic acids is 2. The first kappa shape index (κ1) is 93.8. The predicted octanol–water partition coefficient (Wildman–Crippen LogP) is -1.88. The van der Waals surface area contributed by atoms with Crippen LogP contribution < -0.4 is 69.8 Å². The van der Waals surface area contributed by atoms with Crippen molar-refractivity contribution in [3.8, 4) is 5.75 Å². The first-order valence-electron chi connectivity index (χ1n) is 40.4. The van der Waals surface area contributed by atoms with Gasteiger partial charge in [-0.3, -0.25) is 76.7 Å². The van der Waals surface area contributed by atoms with Gasteiger partial charge < -0.3 is 114 Å². The number of hydrogen-bond donors (Lipinski definition) is 16. The van der Waals surface area contributed by atoms with Gasteiger partial charge in [-0.05, 0) is 118 Å². The molecule has 14 amide bonds. The second-order valence-electron chi connectivity index (χ2n) is 30.2. The van der Waals surface area contributed by atoms with Gasteiger partial charge in [0.2, 0.25) is 82.7 Å². The number of nitrogens with one attached hydrogen (secondary N) is 11. The summed E-state index contributed by atoms with van der Waals surface area (Å²) in [7, 11) is 5.37. The molecule has 3 aliphatic heterocycles. The van der Waals surface area contributed by atoms with E-state index in [-0.39, 0.29) is 121 Å². The maximum absolute atomic E-state index is 15.1. The number of aliphatic carboxylic acids is 2. The van der Waals surface area contributed by atoms with Gasteiger partial charge in [0.15, 0.2) is 0 Å². The van der Waals surface area contributed by atoms with Gasteiger partial charge in [0.1, 0.15) is 72.2 Å². The van der Waals surface area contributed by atoms with Crippen LogP contribution in [0.25, 0.3) is 21.8 Å². The Morgan fingerprint density at radius 3 is 1.56 bits per heavy atom. The molecule has 3 aromatic carbocycles. The van der Waals surface area contributed by atoms with Gasteiger partial charge in [-0.1, -0.05) is 68.3 Å². The molecule has 19 N–H and O–H groups in total. The smallest absolute Gasteiger partial charge is 0.305 e. The molecule has 39 heteroatoms. The Kier molecular flexibility index (Phi) is 36.0. The van der Waals surface area contributed by atoms with Gasteiger partial charge in [0, 0.05) is 107 Å². The Hall–Kier alpha value is -11.7. The minimum Gasteiger partial charge on any atom is -0.497 e. The van der Waals surface area contributed by atoms with E-state index in [1.165, 1.54) is 33.2 Å². The van der Waals surface area contributed by atoms with Crippen molar-refractivity contribution in [2.75, 3.05) is 92.1 Å². The molecule has 38 nitrogen and oxygen atoms in total. The van der Waals surface area contributed by atoms with Crippen LogP contribution in [0.3, 0.4) is 0 Å². The largest absolute Gasteiger partial charge is 0.497 e. The Morgan fingerprint density at radius 1 is 0.492 bits per heavy atom. The topological polar surface area (TPSA) is 557 Å². The van der Waals surface area contributed by atoms with E-state index in [2.05, 4.69) is 57.8 Å². The van der Waals surface area contributed by atoms with Crippen LogP contribution in [0.2, 0.25) is 0 Å². The van der Waals surface area contributed by atoms with Gasteiger partial charge in [-0.2, -0.15) is 11.8 Å². The maximum atomic E-state index is 15.1. The highest BCUT2D eigenvalue weighted by Crippen LogP contribution is 2.26. The van der Waals surface area contributed by atoms with E-state index in [9.17, 15) is 67.7 Å². The lowest BCUT2D eigenvalue weighted by molar-refractivity contribution is -0.146. The lowest BCUT2D eigenvalue weighted by Crippen LogP contribution is -2.61. The number of H-pyrrole nitrogens is 2. The Bertz CT molecular complexity index is 4470. The van der Waals surface area contributed by atoms with Crippen LogP contribution in [0.1, 0.15) is 114 Å². The number of rotatable bonds is 22. The molecular weight excluding hydrogens is 1580 g/mol. The maximum Gasteiger partial charge on any atom is 0.305 e. The molecule has 2 unspecified atom stereocenters. The van der Waals surface area contributed by atoms with E-state index in [1.54, 1.807) is 85.2 Å². The zero-order valence-electron chi connectivity index (χ0n) is 68.2. The molecule has 652 valence electrons. The number of amides is 14. The molecule has 5 heterocycles. The molecule has 2 aromatic heterocycles. The number of methoxy groups -OCH3 is 1. The van der Waals surface area contributed by atoms with Crippen molar-refractivity contribution in [2.45, 2.75) is 183 Å². The molecule has 0 radical (unpaired) electrons. The van der Waals surface area contributed by atoms with E-state index in [0.29, 0.717) is 63.5 Å². The average molecular weight is 1690 g/mol. The second kappa shape index (κ2) is 46.0. The summed E-state index contributed by atoms with van der Waals surface area (Å²) >= 11 is 1.08. The third-order valence-electron chi connectivity index (χ3n) is 21.4. The Morgan fingerprint density at radius 2 is 0.983 bits per heavy atom. The van der Waals surface area contributed by atoms with Crippen LogP contribution in [0.5, 0.6) is 5.75 Å². The summed E-state index contributed by atoms with van der Waals surface area (Å²) in [4.78, 5) is 241. The quantitative estimate of drug-likeness (QED) is 0.0337. The normalized spacial score (nSPS) is 23.9. The van der Waals surface area contributed by atoms with Crippen molar-refractivity contribution in [2.24, 2.45) is 17.2 Å². The fourth-order valence-corrected chi connectivity index (χ4v) is 15.6. The molecule has 0 aliphatic carbocycles. The number of carboxylic acid groups (broad SMARTS) is 2. The number of carbonyl (C=O) groups is 16. The lowest BCUT2D eigenvalue weighted by Gasteiger charge is -2.32. The van der Waals surface area contributed by atoms with Crippen LogP contribution in [-0.2, 0) is 96.0 Å². The summed E-state index contributed by atoms with van der Waals surface area (Å²) in [6, 6.07) is 4.44. The van der Waals surface area contributed by atoms with Crippen molar-refractivity contribution >= 4 is 128 Å². The summed E-state index contributed by atoms with van der Waals surface area (Å²) in [5, 5.41) is 45.7. The molecule has 3 fully saturated rings. The van der Waals surface area contributed by atoms with Crippen LogP contribution in [-0.4, -0.2) is 298 Å². The van der Waals surface area contributed by atoms with Crippen LogP contribution >= 0.6 is 11.8 Å². The third-order valence-corrected chi connectivity index (χ3v) is 22.4. The van der Waals surface area contributed by atoms with Crippen molar-refractivity contribution in [1.29, 1.82) is 0 Å². The summed E-state index contributed by atoms with van der Waals surface area (Å²) in [6.45, 7) is 0.0380. The second-order valence-corrected chi connectivity index (χ2v) is 31.3. The predicted molar refractivity (Wildman–Crippen MR) is 442 cm³/mol. The van der Waals surface area contributed by atoms with Crippen molar-refractivity contribution < 1.29 is 91.7 Å². The lowest BCUT2D eigenvalue weighted by atomic mass is 10.0. The molecule has 11 atom stereocenters. The number of aromatic nitrogens is 2. The molecule has 8 rings (SSSR count). The van der Waals surface area contributed by atoms with E-state index >= 15 is 19.2 Å². The molecule has 3 aliphatic rings. The number of hydrogen-bond acceptors (Lipinski definition) is 21. The first-order chi connectivity index (χ1) is 57.5. The number of carbonyl (C=O) groups excluding carboxylic acids is 14. The molecule has 0 saturated carbocycles. The fourth-order valence-electron chi connectivity index (χ4n) is 14.9. The third kappa shape index (κ3) is 26.4. The number of unbranched alkanes of at least 4 members (excludes halogenated alkanes) is 2. The molecule has 0 bridgehead atoms. The Labute approximate surface area is 698 Å². The minimum absolute atomic E-state index is 0.00636. The van der Waals surface area contributed by atoms with Crippen LogP contribution in [0.15, 0.2) is 85.2 Å². The molecular formula is C81H113N19O19S. The van der Waals surface area contributed by atoms with Gasteiger partial charge in [-0.15, -0.1) is 0 Å². The highest BCUT2D eigenvalue weighted by molar-refractivity contribution is 7.99. The van der Waals surface area contributed by atoms with E-state index < -0.39 is 194 Å². The number of nitrogens with two attached hydrogens (primary N) is 3. The van der Waals surface area contributed by atoms with Gasteiger partial charge >= 0.3 is 11.9 Å². The number of aromatic amines is 2. The summed E-state index contributed by atoms with van der Waals surface area (Å²) in [5.74, 6) is -14.7. The van der Waals surface area contributed by atoms with Gasteiger partial charge in [0.05, 0.1) is 38.8 Å². The van der Waals surface area contributed by atoms with E-state index in [4.69, 9.17) is 21.9 Å². The van der Waals surface area contributed by atoms with E-state index in [0.717, 1.165) is 31.4 Å². The zero-order valence-corrected chi connectivity index (χ0v) is 69.1. The fraction of sp³-hybridized carbons (Fsp3) is 0.531. The molecule has 3 saturated heterocycles. The number of ether oxygens (including phenoxy) is 1. The Balaban J connectivity index is 1.11. The van der Waals surface area contributed by atoms with Crippen LogP contribution in [0.4, 0.5) is 0 Å². The number of likely N-dealkylation sites (N-methyl/N-ethyl adjacent to an activating group) is 3. The van der Waals surface area contributed by atoms with Gasteiger partial charge in [0.25, 0.3) is 0 Å². The van der Waals surface area contributed by atoms with Crippen molar-refractivity contribution in [3.05, 3.63) is 102 Å². The summed E-state index contributed by atoms with van der Waals surface area (Å²) < 4.78 is 5.30. The molecule has 5 aromatic rings. The van der Waals surface area contributed by atoms with E-state index in [1.807, 2.05) is 6.92 Å². The summed E-state index contributed by atoms with van der Waals surface area (Å²) in [5.41, 5.74) is 20.8. The monoisotopic (exact) mass is 1690 g/mol. The molecule has 0 spiro atoms. The number of para-hydroxylation sites is 2. The van der Waals surface area contributed by atoms with Crippen molar-refractivity contribution in [1.82, 2.24) is 82.3 Å². The minimum atomic E-state index is -1.95. The molecule has 120 heavy (non-hydrogen) atoms. The number of nitrogens with zero attached hydrogens (tertiary/aromatic N) is 5. The van der Waals surface area contributed by atoms with Crippen molar-refractivity contribution in [3.63, 3.8) is 0 Å². The van der Waals surface area contributed by atoms with Crippen LogP contribution in [0, 0.1) is 0 Å². The standard InChI is InChI=1S/C81H113N19O19S/c1-6-7-23-63-75(112)90-55(22-14-31-83)71(108)85-32-35-120-46-67(102)89-59(36-47-26-28-50(119-5)29-27-47)78(115)96(2)44-66(101)88-61(40-70(106)107)81(118)100-34-16-25-65(100)77(114)95-62(41-84)74(111)91-56(21-12-13-30-82)80(117)99-33-15-24-64(99)76(113)93-57(37-48-42-86-53-19-10-8-17-51(48)53)72(109)92-58(39-69(104)105)73(110)94-60(79(116)97(3)45-68(103)98(63)4)38-49-43-87-54-20-11-9-18-52(49)54/h8-11,17-20,26-29,42-43,55-65,86-87H,6-7,12-16,21-25,30-41,44-46,82-84H2,1-5H3,(H,85,108)(H,88,101)(H,89,102)(H,90,112)(H,91,111)(H,92,109)(H,93,113)(H,94,110)(H,95,114)(H,104,105)(H,106,107)/t55-,56-,57-,58-,59-,60-,61-,62-,63-,64?,65?/m0/s1. The zero-order chi connectivity index (χ0) is 87.3. The highest BCUT2D eigenvalue weighted by Gasteiger charge is 2.44.